The molecule has 1 saturated heterocycles. The number of aliphatic carboxylic acids is 1. The van der Waals surface area contributed by atoms with Gasteiger partial charge in [0.25, 0.3) is 0 Å². The molecule has 176 valence electrons. The highest BCUT2D eigenvalue weighted by Crippen LogP contribution is 2.16. The summed E-state index contributed by atoms with van der Waals surface area (Å²) in [6, 6.07) is 5.74. The van der Waals surface area contributed by atoms with E-state index in [-0.39, 0.29) is 5.56 Å². The SMILES string of the molecule is CCn1cc(C(=O)O)c(=O)c2cc(CCCO[C@@H]3CCNC3)ccc21.O=C(O)C(F)(F)F. The van der Waals surface area contributed by atoms with Gasteiger partial charge in [0, 0.05) is 31.3 Å². The molecule has 11 heteroatoms. The highest BCUT2D eigenvalue weighted by atomic mass is 19.4. The van der Waals surface area contributed by atoms with Crippen LogP contribution in [0.3, 0.4) is 0 Å². The third kappa shape index (κ3) is 6.79. The maximum atomic E-state index is 12.5. The third-order valence-electron chi connectivity index (χ3n) is 4.94. The first-order valence-electron chi connectivity index (χ1n) is 10.1. The molecule has 3 N–H and O–H groups in total. The molecular formula is C21H25F3N2O6. The number of halogens is 3. The van der Waals surface area contributed by atoms with E-state index in [4.69, 9.17) is 14.6 Å². The highest BCUT2D eigenvalue weighted by Gasteiger charge is 2.38. The molecule has 0 saturated carbocycles. The lowest BCUT2D eigenvalue weighted by atomic mass is 10.0. The molecule has 0 radical (unpaired) electrons. The van der Waals surface area contributed by atoms with Gasteiger partial charge in [-0.05, 0) is 50.4 Å². The van der Waals surface area contributed by atoms with Crippen molar-refractivity contribution in [2.24, 2.45) is 0 Å². The maximum Gasteiger partial charge on any atom is 0.490 e. The number of alkyl halides is 3. The van der Waals surface area contributed by atoms with Crippen molar-refractivity contribution in [1.29, 1.82) is 0 Å². The lowest BCUT2D eigenvalue weighted by molar-refractivity contribution is -0.192. The first-order chi connectivity index (χ1) is 15.0. The van der Waals surface area contributed by atoms with Crippen LogP contribution in [0.15, 0.2) is 29.2 Å². The van der Waals surface area contributed by atoms with Crippen molar-refractivity contribution in [3.05, 3.63) is 45.7 Å². The first kappa shape index (κ1) is 25.3. The molecule has 32 heavy (non-hydrogen) atoms. The van der Waals surface area contributed by atoms with Crippen LogP contribution in [0.5, 0.6) is 0 Å². The number of nitrogens with one attached hydrogen (secondary N) is 1. The number of hydrogen-bond donors (Lipinski definition) is 3. The number of aromatic carboxylic acids is 1. The predicted octanol–water partition coefficient (Wildman–Crippen LogP) is 2.66. The Kier molecular flexibility index (Phi) is 8.79. The van der Waals surface area contributed by atoms with Crippen LogP contribution >= 0.6 is 0 Å². The van der Waals surface area contributed by atoms with Crippen molar-refractivity contribution in [3.63, 3.8) is 0 Å². The van der Waals surface area contributed by atoms with Crippen LogP contribution in [0.1, 0.15) is 35.7 Å². The molecule has 0 aliphatic carbocycles. The second kappa shape index (κ2) is 11.1. The molecule has 2 heterocycles. The molecule has 1 aliphatic rings. The number of carboxylic acid groups (broad SMARTS) is 2. The molecule has 1 fully saturated rings. The fourth-order valence-electron chi connectivity index (χ4n) is 3.31. The normalized spacial score (nSPS) is 15.9. The molecule has 0 bridgehead atoms. The van der Waals surface area contributed by atoms with E-state index in [0.29, 0.717) is 24.6 Å². The Bertz CT molecular complexity index is 1010. The van der Waals surface area contributed by atoms with Crippen LogP contribution < -0.4 is 10.7 Å². The number of nitrogens with zero attached hydrogens (tertiary/aromatic N) is 1. The zero-order valence-electron chi connectivity index (χ0n) is 17.4. The molecule has 2 aromatic rings. The Labute approximate surface area is 181 Å². The molecule has 1 aliphatic heterocycles. The van der Waals surface area contributed by atoms with E-state index in [2.05, 4.69) is 5.32 Å². The number of aromatic nitrogens is 1. The van der Waals surface area contributed by atoms with Gasteiger partial charge in [-0.15, -0.1) is 0 Å². The van der Waals surface area contributed by atoms with Crippen molar-refractivity contribution in [2.75, 3.05) is 19.7 Å². The van der Waals surface area contributed by atoms with Crippen molar-refractivity contribution in [2.45, 2.75) is 45.0 Å². The molecule has 3 rings (SSSR count). The second-order valence-corrected chi connectivity index (χ2v) is 7.21. The van der Waals surface area contributed by atoms with Crippen LogP contribution in [-0.2, 0) is 22.5 Å². The second-order valence-electron chi connectivity index (χ2n) is 7.21. The van der Waals surface area contributed by atoms with Crippen molar-refractivity contribution < 1.29 is 37.7 Å². The quantitative estimate of drug-likeness (QED) is 0.546. The topological polar surface area (TPSA) is 118 Å². The molecule has 0 spiro atoms. The maximum absolute atomic E-state index is 12.5. The van der Waals surface area contributed by atoms with Gasteiger partial charge in [-0.25, -0.2) is 9.59 Å². The summed E-state index contributed by atoms with van der Waals surface area (Å²) in [6.45, 7) is 5.17. The Morgan fingerprint density at radius 3 is 2.50 bits per heavy atom. The molecule has 0 unspecified atom stereocenters. The van der Waals surface area contributed by atoms with Crippen molar-refractivity contribution in [3.8, 4) is 0 Å². The summed E-state index contributed by atoms with van der Waals surface area (Å²) in [7, 11) is 0. The van der Waals surface area contributed by atoms with Gasteiger partial charge in [-0.2, -0.15) is 13.2 Å². The fourth-order valence-corrected chi connectivity index (χ4v) is 3.31. The van der Waals surface area contributed by atoms with Gasteiger partial charge in [-0.3, -0.25) is 4.79 Å². The number of carboxylic acids is 2. The fraction of sp³-hybridized carbons (Fsp3) is 0.476. The highest BCUT2D eigenvalue weighted by molar-refractivity contribution is 5.92. The molecule has 1 aromatic carbocycles. The van der Waals surface area contributed by atoms with Gasteiger partial charge in [0.15, 0.2) is 0 Å². The van der Waals surface area contributed by atoms with E-state index in [0.717, 1.165) is 43.4 Å². The Morgan fingerprint density at radius 2 is 1.97 bits per heavy atom. The molecular weight excluding hydrogens is 433 g/mol. The largest absolute Gasteiger partial charge is 0.490 e. The van der Waals surface area contributed by atoms with Crippen LogP contribution in [0, 0.1) is 0 Å². The average Bonchev–Trinajstić information content (AvgIpc) is 3.25. The number of carbonyl (C=O) groups is 2. The summed E-state index contributed by atoms with van der Waals surface area (Å²) in [5, 5.41) is 20.1. The lowest BCUT2D eigenvalue weighted by Crippen LogP contribution is -2.21. The van der Waals surface area contributed by atoms with Gasteiger partial charge in [0.2, 0.25) is 5.43 Å². The Morgan fingerprint density at radius 1 is 1.28 bits per heavy atom. The third-order valence-corrected chi connectivity index (χ3v) is 4.94. The van der Waals surface area contributed by atoms with E-state index in [1.165, 1.54) is 6.20 Å². The van der Waals surface area contributed by atoms with Crippen LogP contribution in [0.4, 0.5) is 13.2 Å². The number of rotatable bonds is 7. The van der Waals surface area contributed by atoms with Crippen molar-refractivity contribution >= 4 is 22.8 Å². The number of aryl methyl sites for hydroxylation is 2. The molecule has 1 atom stereocenters. The average molecular weight is 458 g/mol. The summed E-state index contributed by atoms with van der Waals surface area (Å²) in [4.78, 5) is 32.7. The number of pyridine rings is 1. The van der Waals surface area contributed by atoms with Gasteiger partial charge >= 0.3 is 18.1 Å². The standard InChI is InChI=1S/C19H24N2O4.C2HF3O2/c1-2-21-12-16(19(23)24)18(22)15-10-13(5-6-17(15)21)4-3-9-25-14-7-8-20-11-14;3-2(4,5)1(6)7/h5-6,10,12,14,20H,2-4,7-9,11H2,1H3,(H,23,24);(H,6,7)/t14-;/m1./s1. The lowest BCUT2D eigenvalue weighted by Gasteiger charge is -2.12. The van der Waals surface area contributed by atoms with Gasteiger partial charge < -0.3 is 24.8 Å². The first-order valence-corrected chi connectivity index (χ1v) is 10.1. The van der Waals surface area contributed by atoms with E-state index < -0.39 is 23.5 Å². The monoisotopic (exact) mass is 458 g/mol. The summed E-state index contributed by atoms with van der Waals surface area (Å²) < 4.78 is 39.4. The smallest absolute Gasteiger partial charge is 0.477 e. The molecule has 0 amide bonds. The molecule has 8 nitrogen and oxygen atoms in total. The predicted molar refractivity (Wildman–Crippen MR) is 110 cm³/mol. The van der Waals surface area contributed by atoms with Crippen molar-refractivity contribution in [1.82, 2.24) is 9.88 Å². The summed E-state index contributed by atoms with van der Waals surface area (Å²) in [5.74, 6) is -3.94. The zero-order chi connectivity index (χ0) is 23.9. The van der Waals surface area contributed by atoms with E-state index >= 15 is 0 Å². The van der Waals surface area contributed by atoms with Gasteiger partial charge in [0.1, 0.15) is 5.56 Å². The summed E-state index contributed by atoms with van der Waals surface area (Å²) in [6.07, 6.45) is -0.603. The Hall–Kier alpha value is -2.92. The number of benzene rings is 1. The number of hydrogen-bond acceptors (Lipinski definition) is 5. The van der Waals surface area contributed by atoms with Gasteiger partial charge in [0.05, 0.1) is 11.6 Å². The van der Waals surface area contributed by atoms with Crippen LogP contribution in [0.2, 0.25) is 0 Å². The minimum absolute atomic E-state index is 0.177. The van der Waals surface area contributed by atoms with E-state index in [1.807, 2.05) is 25.1 Å². The van der Waals surface area contributed by atoms with E-state index in [1.54, 1.807) is 4.57 Å². The number of ether oxygens (including phenoxy) is 1. The zero-order valence-corrected chi connectivity index (χ0v) is 17.4. The van der Waals surface area contributed by atoms with Crippen LogP contribution in [0.25, 0.3) is 10.9 Å². The Balaban J connectivity index is 0.000000451. The number of fused-ring (bicyclic) bond motifs is 1. The van der Waals surface area contributed by atoms with Gasteiger partial charge in [-0.1, -0.05) is 6.07 Å². The van der Waals surface area contributed by atoms with E-state index in [9.17, 15) is 27.9 Å². The minimum atomic E-state index is -5.08. The van der Waals surface area contributed by atoms with Crippen LogP contribution in [-0.4, -0.2) is 58.7 Å². The molecule has 1 aromatic heterocycles. The summed E-state index contributed by atoms with van der Waals surface area (Å²) >= 11 is 0. The summed E-state index contributed by atoms with van der Waals surface area (Å²) in [5.41, 5.74) is 1.21. The minimum Gasteiger partial charge on any atom is -0.477 e.